The fraction of sp³-hybridized carbons (Fsp3) is 0.360. The molecule has 184 valence electrons. The van der Waals surface area contributed by atoms with Gasteiger partial charge in [-0.25, -0.2) is 13.4 Å². The molecule has 0 saturated carbocycles. The Labute approximate surface area is 204 Å². The minimum Gasteiger partial charge on any atom is -0.486 e. The Kier molecular flexibility index (Phi) is 6.48. The first kappa shape index (κ1) is 23.4. The molecule has 3 heterocycles. The minimum atomic E-state index is -3.69. The normalized spacial score (nSPS) is 16.3. The quantitative estimate of drug-likeness (QED) is 0.516. The molecular weight excluding hydrogens is 470 g/mol. The maximum absolute atomic E-state index is 13.1. The van der Waals surface area contributed by atoms with Crippen LogP contribution >= 0.6 is 0 Å². The zero-order valence-electron chi connectivity index (χ0n) is 19.5. The van der Waals surface area contributed by atoms with Crippen LogP contribution in [0, 0.1) is 6.92 Å². The van der Waals surface area contributed by atoms with Gasteiger partial charge < -0.3 is 18.8 Å². The van der Waals surface area contributed by atoms with Crippen molar-refractivity contribution in [2.45, 2.75) is 24.7 Å². The molecular formula is C25H27N3O6S. The number of oxazole rings is 1. The summed E-state index contributed by atoms with van der Waals surface area (Å²) in [5.74, 6) is 2.11. The molecule has 0 radical (unpaired) electrons. The van der Waals surface area contributed by atoms with E-state index in [-0.39, 0.29) is 30.3 Å². The number of sulfonamides is 1. The monoisotopic (exact) mass is 497 g/mol. The second-order valence-corrected chi connectivity index (χ2v) is 10.5. The predicted octanol–water partition coefficient (Wildman–Crippen LogP) is 2.89. The minimum absolute atomic E-state index is 0.0449. The molecule has 2 aromatic carbocycles. The van der Waals surface area contributed by atoms with Gasteiger partial charge in [0.2, 0.25) is 15.9 Å². The molecule has 2 aliphatic rings. The molecule has 35 heavy (non-hydrogen) atoms. The van der Waals surface area contributed by atoms with Crippen LogP contribution in [0.2, 0.25) is 0 Å². The van der Waals surface area contributed by atoms with Gasteiger partial charge in [0, 0.05) is 50.7 Å². The molecule has 3 aromatic rings. The van der Waals surface area contributed by atoms with E-state index in [1.54, 1.807) is 17.2 Å². The van der Waals surface area contributed by atoms with E-state index in [1.807, 2.05) is 31.2 Å². The van der Waals surface area contributed by atoms with E-state index in [0.717, 1.165) is 5.56 Å². The van der Waals surface area contributed by atoms with Crippen molar-refractivity contribution in [3.05, 3.63) is 60.1 Å². The van der Waals surface area contributed by atoms with Crippen molar-refractivity contribution in [1.29, 1.82) is 0 Å². The lowest BCUT2D eigenvalue weighted by Gasteiger charge is -2.34. The molecule has 0 aliphatic carbocycles. The van der Waals surface area contributed by atoms with E-state index >= 15 is 0 Å². The number of benzene rings is 2. The number of carbonyl (C=O) groups excluding carboxylic acids is 1. The highest BCUT2D eigenvalue weighted by Gasteiger charge is 2.31. The molecule has 0 spiro atoms. The Balaban J connectivity index is 1.15. The highest BCUT2D eigenvalue weighted by Crippen LogP contribution is 2.33. The van der Waals surface area contributed by atoms with Gasteiger partial charge in [0.1, 0.15) is 13.2 Å². The lowest BCUT2D eigenvalue weighted by molar-refractivity contribution is -0.132. The zero-order chi connectivity index (χ0) is 24.4. The molecule has 1 fully saturated rings. The largest absolute Gasteiger partial charge is 0.486 e. The number of carbonyl (C=O) groups is 1. The summed E-state index contributed by atoms with van der Waals surface area (Å²) in [6, 6.07) is 12.6. The average molecular weight is 498 g/mol. The van der Waals surface area contributed by atoms with Gasteiger partial charge >= 0.3 is 0 Å². The molecule has 0 atom stereocenters. The Hall–Kier alpha value is -3.37. The standard InChI is InChI=1S/C25H27N3O6S/c1-18-2-4-19(5-3-18)23-17-26-24(34-23)8-9-25(29)27-10-12-28(13-11-27)35(30,31)20-6-7-21-22(16-20)33-15-14-32-21/h2-7,16-17H,8-15H2,1H3. The summed E-state index contributed by atoms with van der Waals surface area (Å²) in [4.78, 5) is 18.9. The summed E-state index contributed by atoms with van der Waals surface area (Å²) in [7, 11) is -3.69. The zero-order valence-corrected chi connectivity index (χ0v) is 20.3. The van der Waals surface area contributed by atoms with Crippen LogP contribution in [0.4, 0.5) is 0 Å². The van der Waals surface area contributed by atoms with Crippen LogP contribution in [-0.4, -0.2) is 67.9 Å². The fourth-order valence-electron chi connectivity index (χ4n) is 4.16. The van der Waals surface area contributed by atoms with Gasteiger partial charge in [-0.3, -0.25) is 4.79 Å². The van der Waals surface area contributed by atoms with Crippen molar-refractivity contribution in [3.63, 3.8) is 0 Å². The van der Waals surface area contributed by atoms with E-state index in [1.165, 1.54) is 22.0 Å². The number of hydrogen-bond donors (Lipinski definition) is 0. The smallest absolute Gasteiger partial charge is 0.243 e. The van der Waals surface area contributed by atoms with Crippen LogP contribution in [0.25, 0.3) is 11.3 Å². The van der Waals surface area contributed by atoms with Crippen molar-refractivity contribution in [1.82, 2.24) is 14.2 Å². The molecule has 10 heteroatoms. The van der Waals surface area contributed by atoms with Gasteiger partial charge in [0.15, 0.2) is 23.1 Å². The Morgan fingerprint density at radius 2 is 1.69 bits per heavy atom. The van der Waals surface area contributed by atoms with Crippen LogP contribution in [0.3, 0.4) is 0 Å². The van der Waals surface area contributed by atoms with Crippen molar-refractivity contribution >= 4 is 15.9 Å². The van der Waals surface area contributed by atoms with Gasteiger partial charge in [0.25, 0.3) is 0 Å². The van der Waals surface area contributed by atoms with Crippen molar-refractivity contribution in [2.24, 2.45) is 0 Å². The summed E-state index contributed by atoms with van der Waals surface area (Å²) < 4.78 is 44.4. The number of amides is 1. The summed E-state index contributed by atoms with van der Waals surface area (Å²) >= 11 is 0. The third-order valence-electron chi connectivity index (χ3n) is 6.19. The predicted molar refractivity (Wildman–Crippen MR) is 128 cm³/mol. The van der Waals surface area contributed by atoms with Gasteiger partial charge in [-0.15, -0.1) is 0 Å². The van der Waals surface area contributed by atoms with Crippen molar-refractivity contribution in [2.75, 3.05) is 39.4 Å². The number of rotatable bonds is 6. The second-order valence-electron chi connectivity index (χ2n) is 8.57. The van der Waals surface area contributed by atoms with E-state index in [0.29, 0.717) is 55.9 Å². The van der Waals surface area contributed by atoms with Crippen LogP contribution in [0.5, 0.6) is 11.5 Å². The first-order valence-corrected chi connectivity index (χ1v) is 13.0. The Morgan fingerprint density at radius 1 is 0.971 bits per heavy atom. The van der Waals surface area contributed by atoms with Crippen LogP contribution in [-0.2, 0) is 21.2 Å². The first-order chi connectivity index (χ1) is 16.9. The molecule has 0 unspecified atom stereocenters. The molecule has 1 aromatic heterocycles. The number of aryl methyl sites for hydroxylation is 2. The summed E-state index contributed by atoms with van der Waals surface area (Å²) in [5.41, 5.74) is 2.11. The maximum Gasteiger partial charge on any atom is 0.243 e. The lowest BCUT2D eigenvalue weighted by atomic mass is 10.1. The van der Waals surface area contributed by atoms with E-state index in [4.69, 9.17) is 13.9 Å². The number of hydrogen-bond acceptors (Lipinski definition) is 7. The number of piperazine rings is 1. The van der Waals surface area contributed by atoms with E-state index in [9.17, 15) is 13.2 Å². The molecule has 0 bridgehead atoms. The summed E-state index contributed by atoms with van der Waals surface area (Å²) in [5, 5.41) is 0. The second kappa shape index (κ2) is 9.71. The Bertz CT molecular complexity index is 1310. The van der Waals surface area contributed by atoms with Crippen LogP contribution in [0.1, 0.15) is 17.9 Å². The molecule has 5 rings (SSSR count). The van der Waals surface area contributed by atoms with E-state index < -0.39 is 10.0 Å². The SMILES string of the molecule is Cc1ccc(-c2cnc(CCC(=O)N3CCN(S(=O)(=O)c4ccc5c(c4)OCCO5)CC3)o2)cc1. The summed E-state index contributed by atoms with van der Waals surface area (Å²) in [6.45, 7) is 4.00. The molecule has 9 nitrogen and oxygen atoms in total. The highest BCUT2D eigenvalue weighted by molar-refractivity contribution is 7.89. The van der Waals surface area contributed by atoms with Gasteiger partial charge in [-0.1, -0.05) is 29.8 Å². The molecule has 2 aliphatic heterocycles. The summed E-state index contributed by atoms with van der Waals surface area (Å²) in [6.07, 6.45) is 2.31. The maximum atomic E-state index is 13.1. The number of fused-ring (bicyclic) bond motifs is 1. The van der Waals surface area contributed by atoms with Crippen LogP contribution < -0.4 is 9.47 Å². The Morgan fingerprint density at radius 3 is 2.43 bits per heavy atom. The van der Waals surface area contributed by atoms with E-state index in [2.05, 4.69) is 4.98 Å². The number of nitrogens with zero attached hydrogens (tertiary/aromatic N) is 3. The molecule has 1 amide bonds. The molecule has 1 saturated heterocycles. The van der Waals surface area contributed by atoms with Gasteiger partial charge in [-0.05, 0) is 19.1 Å². The van der Waals surface area contributed by atoms with Crippen molar-refractivity contribution < 1.29 is 27.1 Å². The topological polar surface area (TPSA) is 102 Å². The van der Waals surface area contributed by atoms with Gasteiger partial charge in [-0.2, -0.15) is 4.31 Å². The average Bonchev–Trinajstić information content (AvgIpc) is 3.36. The first-order valence-electron chi connectivity index (χ1n) is 11.6. The highest BCUT2D eigenvalue weighted by atomic mass is 32.2. The fourth-order valence-corrected chi connectivity index (χ4v) is 5.60. The third-order valence-corrected chi connectivity index (χ3v) is 8.08. The lowest BCUT2D eigenvalue weighted by Crippen LogP contribution is -2.50. The molecule has 0 N–H and O–H groups in total. The van der Waals surface area contributed by atoms with Crippen LogP contribution in [0.15, 0.2) is 58.0 Å². The van der Waals surface area contributed by atoms with Crippen molar-refractivity contribution in [3.8, 4) is 22.8 Å². The van der Waals surface area contributed by atoms with Gasteiger partial charge in [0.05, 0.1) is 11.1 Å². The third kappa shape index (κ3) is 5.03. The number of ether oxygens (including phenoxy) is 2. The number of aromatic nitrogens is 1.